The number of aryl methyl sites for hydroxylation is 1. The van der Waals surface area contributed by atoms with Crippen LogP contribution in [0, 0.1) is 17.2 Å². The van der Waals surface area contributed by atoms with E-state index < -0.39 is 5.97 Å². The third kappa shape index (κ3) is 2.88. The van der Waals surface area contributed by atoms with Crippen LogP contribution in [0.1, 0.15) is 58.2 Å². The molecule has 5 rings (SSSR count). The molecule has 7 heteroatoms. The summed E-state index contributed by atoms with van der Waals surface area (Å²) in [6, 6.07) is 7.17. The van der Waals surface area contributed by atoms with Crippen molar-refractivity contribution < 1.29 is 9.90 Å². The van der Waals surface area contributed by atoms with Crippen LogP contribution in [-0.4, -0.2) is 26.0 Å². The van der Waals surface area contributed by atoms with E-state index in [1.54, 1.807) is 12.3 Å². The van der Waals surface area contributed by atoms with Crippen LogP contribution >= 0.6 is 0 Å². The summed E-state index contributed by atoms with van der Waals surface area (Å²) in [5.74, 6) is -0.591. The van der Waals surface area contributed by atoms with Crippen LogP contribution in [-0.2, 0) is 12.8 Å². The van der Waals surface area contributed by atoms with E-state index in [9.17, 15) is 9.90 Å². The number of nitriles is 1. The molecule has 1 saturated carbocycles. The highest BCUT2D eigenvalue weighted by Crippen LogP contribution is 2.42. The van der Waals surface area contributed by atoms with Gasteiger partial charge in [-0.25, -0.2) is 9.78 Å². The quantitative estimate of drug-likeness (QED) is 0.615. The highest BCUT2D eigenvalue weighted by atomic mass is 16.4. The number of nitrogens with two attached hydrogens (primary N) is 1. The Kier molecular flexibility index (Phi) is 4.37. The number of hydrogen-bond donors (Lipinski definition) is 3. The molecule has 0 spiro atoms. The number of nitrogens with zero attached hydrogens (tertiary/aromatic N) is 3. The zero-order chi connectivity index (χ0) is 20.8. The predicted molar refractivity (Wildman–Crippen MR) is 111 cm³/mol. The van der Waals surface area contributed by atoms with E-state index in [2.05, 4.69) is 15.0 Å². The summed E-state index contributed by atoms with van der Waals surface area (Å²) in [6.45, 7) is 0. The normalized spacial score (nSPS) is 16.1. The smallest absolute Gasteiger partial charge is 0.337 e. The van der Waals surface area contributed by atoms with Gasteiger partial charge in [0.25, 0.3) is 0 Å². The lowest BCUT2D eigenvalue weighted by Gasteiger charge is -2.31. The van der Waals surface area contributed by atoms with Gasteiger partial charge in [0.2, 0.25) is 0 Å². The summed E-state index contributed by atoms with van der Waals surface area (Å²) >= 11 is 0. The Morgan fingerprint density at radius 1 is 1.27 bits per heavy atom. The van der Waals surface area contributed by atoms with Crippen LogP contribution in [0.5, 0.6) is 0 Å². The summed E-state index contributed by atoms with van der Waals surface area (Å²) < 4.78 is 0. The maximum absolute atomic E-state index is 12.1. The van der Waals surface area contributed by atoms with Gasteiger partial charge in [-0.1, -0.05) is 6.42 Å². The molecule has 3 aromatic rings. The Morgan fingerprint density at radius 3 is 2.73 bits per heavy atom. The molecule has 0 aromatic carbocycles. The lowest BCUT2D eigenvalue weighted by molar-refractivity contribution is 0.0693. The molecule has 4 N–H and O–H groups in total. The topological polar surface area (TPSA) is 129 Å². The van der Waals surface area contributed by atoms with Crippen LogP contribution < -0.4 is 5.73 Å². The zero-order valence-electron chi connectivity index (χ0n) is 16.4. The Balaban J connectivity index is 1.62. The Morgan fingerprint density at radius 2 is 2.10 bits per heavy atom. The van der Waals surface area contributed by atoms with Gasteiger partial charge in [0.1, 0.15) is 11.8 Å². The molecular weight excluding hydrogens is 378 g/mol. The van der Waals surface area contributed by atoms with Gasteiger partial charge in [0, 0.05) is 35.3 Å². The second kappa shape index (κ2) is 7.08. The lowest BCUT2D eigenvalue weighted by atomic mass is 9.78. The number of hydrogen-bond acceptors (Lipinski definition) is 5. The number of carboxylic acids is 1. The first-order valence-corrected chi connectivity index (χ1v) is 10.2. The second-order valence-corrected chi connectivity index (χ2v) is 8.06. The van der Waals surface area contributed by atoms with E-state index in [1.807, 2.05) is 24.4 Å². The fourth-order valence-corrected chi connectivity index (χ4v) is 4.51. The molecule has 0 saturated heterocycles. The maximum Gasteiger partial charge on any atom is 0.337 e. The molecule has 7 nitrogen and oxygen atoms in total. The Hall–Kier alpha value is -3.50. The number of nitrogens with one attached hydrogen (secondary N) is 1. The van der Waals surface area contributed by atoms with Gasteiger partial charge >= 0.3 is 5.97 Å². The number of aromatic nitrogens is 3. The number of pyridine rings is 2. The SMILES string of the molecule is N#Cc1ccc(-c2cc3c(cn2)CCc2c-3[nH]c(C(N)C3CCC3)c2C(=O)O)cn1. The minimum Gasteiger partial charge on any atom is -0.478 e. The monoisotopic (exact) mass is 399 g/mol. The third-order valence-electron chi connectivity index (χ3n) is 6.41. The number of carbonyl (C=O) groups is 1. The first-order valence-electron chi connectivity index (χ1n) is 10.2. The molecule has 2 aliphatic carbocycles. The zero-order valence-corrected chi connectivity index (χ0v) is 16.4. The third-order valence-corrected chi connectivity index (χ3v) is 6.41. The van der Waals surface area contributed by atoms with E-state index in [0.717, 1.165) is 59.3 Å². The minimum atomic E-state index is -0.925. The van der Waals surface area contributed by atoms with Crippen molar-refractivity contribution in [2.45, 2.75) is 38.1 Å². The van der Waals surface area contributed by atoms with Crippen LogP contribution in [0.2, 0.25) is 0 Å². The minimum absolute atomic E-state index is 0.289. The van der Waals surface area contributed by atoms with Crippen molar-refractivity contribution in [3.05, 3.63) is 58.7 Å². The maximum atomic E-state index is 12.1. The number of fused-ring (bicyclic) bond motifs is 3. The van der Waals surface area contributed by atoms with Crippen molar-refractivity contribution in [3.63, 3.8) is 0 Å². The summed E-state index contributed by atoms with van der Waals surface area (Å²) in [4.78, 5) is 24.2. The van der Waals surface area contributed by atoms with Crippen molar-refractivity contribution in [2.24, 2.45) is 11.7 Å². The molecule has 0 radical (unpaired) electrons. The number of rotatable bonds is 4. The second-order valence-electron chi connectivity index (χ2n) is 8.06. The van der Waals surface area contributed by atoms with Crippen molar-refractivity contribution in [3.8, 4) is 28.6 Å². The van der Waals surface area contributed by atoms with Crippen molar-refractivity contribution >= 4 is 5.97 Å². The summed E-state index contributed by atoms with van der Waals surface area (Å²) in [7, 11) is 0. The number of aromatic carboxylic acids is 1. The molecule has 150 valence electrons. The van der Waals surface area contributed by atoms with E-state index >= 15 is 0 Å². The molecule has 0 amide bonds. The Labute approximate surface area is 173 Å². The average Bonchev–Trinajstić information content (AvgIpc) is 3.12. The number of carboxylic acid groups (broad SMARTS) is 1. The molecule has 1 fully saturated rings. The van der Waals surface area contributed by atoms with Crippen molar-refractivity contribution in [2.75, 3.05) is 0 Å². The molecule has 3 heterocycles. The van der Waals surface area contributed by atoms with Gasteiger partial charge < -0.3 is 15.8 Å². The number of H-pyrrole nitrogens is 1. The van der Waals surface area contributed by atoms with Crippen molar-refractivity contribution in [1.29, 1.82) is 5.26 Å². The first kappa shape index (κ1) is 18.5. The molecular formula is C23H21N5O2. The van der Waals surface area contributed by atoms with Gasteiger partial charge in [-0.15, -0.1) is 0 Å². The summed E-state index contributed by atoms with van der Waals surface area (Å²) in [5, 5.41) is 18.9. The van der Waals surface area contributed by atoms with Gasteiger partial charge in [-0.3, -0.25) is 4.98 Å². The predicted octanol–water partition coefficient (Wildman–Crippen LogP) is 3.61. The molecule has 2 aliphatic rings. The fourth-order valence-electron chi connectivity index (χ4n) is 4.51. The van der Waals surface area contributed by atoms with Crippen LogP contribution in [0.4, 0.5) is 0 Å². The van der Waals surface area contributed by atoms with Gasteiger partial charge in [0.15, 0.2) is 0 Å². The van der Waals surface area contributed by atoms with Crippen LogP contribution in [0.25, 0.3) is 22.5 Å². The molecule has 3 aromatic heterocycles. The van der Waals surface area contributed by atoms with Gasteiger partial charge in [-0.2, -0.15) is 5.26 Å². The van der Waals surface area contributed by atoms with Crippen LogP contribution in [0.3, 0.4) is 0 Å². The van der Waals surface area contributed by atoms with Crippen LogP contribution in [0.15, 0.2) is 30.6 Å². The molecule has 30 heavy (non-hydrogen) atoms. The summed E-state index contributed by atoms with van der Waals surface area (Å²) in [6.07, 6.45) is 8.10. The Bertz CT molecular complexity index is 1190. The largest absolute Gasteiger partial charge is 0.478 e. The molecule has 0 bridgehead atoms. The van der Waals surface area contributed by atoms with E-state index in [4.69, 9.17) is 11.0 Å². The standard InChI is InChI=1S/C23H21N5O2/c24-9-15-6-4-14(11-26-15)18-8-17-13(10-27-18)5-7-16-19(23(29)30)22(28-21(16)17)20(25)12-2-1-3-12/h4,6,8,10-12,20,28H,1-3,5,7,25H2,(H,29,30). The highest BCUT2D eigenvalue weighted by Gasteiger charge is 2.34. The fraction of sp³-hybridized carbons (Fsp3) is 0.304. The first-order chi connectivity index (χ1) is 14.6. The van der Waals surface area contributed by atoms with E-state index in [1.165, 1.54) is 0 Å². The van der Waals surface area contributed by atoms with E-state index in [0.29, 0.717) is 29.3 Å². The van der Waals surface area contributed by atoms with E-state index in [-0.39, 0.29) is 6.04 Å². The number of aromatic amines is 1. The lowest BCUT2D eigenvalue weighted by Crippen LogP contribution is -2.28. The van der Waals surface area contributed by atoms with Gasteiger partial charge in [-0.05, 0) is 60.9 Å². The highest BCUT2D eigenvalue weighted by molar-refractivity contribution is 5.95. The molecule has 0 aliphatic heterocycles. The molecule has 1 atom stereocenters. The van der Waals surface area contributed by atoms with Gasteiger partial charge in [0.05, 0.1) is 17.0 Å². The van der Waals surface area contributed by atoms with Crippen molar-refractivity contribution in [1.82, 2.24) is 15.0 Å². The average molecular weight is 399 g/mol. The summed E-state index contributed by atoms with van der Waals surface area (Å²) in [5.41, 5.74) is 13.1. The molecule has 1 unspecified atom stereocenters.